The zero-order valence-electron chi connectivity index (χ0n) is 12.4. The first kappa shape index (κ1) is 14.6. The average Bonchev–Trinajstić information content (AvgIpc) is 2.99. The Bertz CT molecular complexity index is 479. The normalized spacial score (nSPS) is 25.8. The Morgan fingerprint density at radius 2 is 2.10 bits per heavy atom. The molecule has 0 aromatic heterocycles. The Labute approximate surface area is 125 Å². The molecule has 1 saturated carbocycles. The number of fused-ring (bicyclic) bond motifs is 1. The third-order valence-corrected chi connectivity index (χ3v) is 4.28. The first-order valence-electron chi connectivity index (χ1n) is 7.61. The van der Waals surface area contributed by atoms with E-state index in [0.717, 1.165) is 24.2 Å². The van der Waals surface area contributed by atoms with Crippen LogP contribution in [0.1, 0.15) is 30.9 Å². The van der Waals surface area contributed by atoms with Crippen LogP contribution in [0.5, 0.6) is 11.5 Å². The second-order valence-electron chi connectivity index (χ2n) is 5.64. The summed E-state index contributed by atoms with van der Waals surface area (Å²) in [6.07, 6.45) is 3.08. The lowest BCUT2D eigenvalue weighted by atomic mass is 10.1. The Hall–Kier alpha value is -1.30. The summed E-state index contributed by atoms with van der Waals surface area (Å²) in [5, 5.41) is 13.8. The van der Waals surface area contributed by atoms with Crippen LogP contribution in [-0.4, -0.2) is 44.1 Å². The topological polar surface area (TPSA) is 60.0 Å². The zero-order valence-corrected chi connectivity index (χ0v) is 12.4. The molecule has 21 heavy (non-hydrogen) atoms. The van der Waals surface area contributed by atoms with Gasteiger partial charge in [0.2, 0.25) is 0 Å². The highest BCUT2D eigenvalue weighted by atomic mass is 16.6. The largest absolute Gasteiger partial charge is 0.486 e. The highest BCUT2D eigenvalue weighted by Crippen LogP contribution is 2.32. The molecule has 1 fully saturated rings. The molecule has 2 N–H and O–H groups in total. The van der Waals surface area contributed by atoms with E-state index in [1.807, 2.05) is 18.2 Å². The van der Waals surface area contributed by atoms with E-state index in [9.17, 15) is 5.11 Å². The minimum atomic E-state index is -0.557. The van der Waals surface area contributed by atoms with Crippen LogP contribution in [0.15, 0.2) is 18.2 Å². The molecule has 3 unspecified atom stereocenters. The van der Waals surface area contributed by atoms with Crippen molar-refractivity contribution >= 4 is 0 Å². The van der Waals surface area contributed by atoms with Crippen LogP contribution in [0.3, 0.4) is 0 Å². The fourth-order valence-electron chi connectivity index (χ4n) is 3.09. The maximum absolute atomic E-state index is 10.3. The Morgan fingerprint density at radius 3 is 2.90 bits per heavy atom. The SMILES string of the molecule is COC1CCCC1NCC(O)c1ccc2c(c1)OCCO2. The van der Waals surface area contributed by atoms with E-state index in [1.165, 1.54) is 6.42 Å². The predicted molar refractivity (Wildman–Crippen MR) is 78.8 cm³/mol. The van der Waals surface area contributed by atoms with Gasteiger partial charge in [-0.1, -0.05) is 6.07 Å². The van der Waals surface area contributed by atoms with E-state index in [1.54, 1.807) is 7.11 Å². The van der Waals surface area contributed by atoms with Crippen LogP contribution < -0.4 is 14.8 Å². The summed E-state index contributed by atoms with van der Waals surface area (Å²) in [5.41, 5.74) is 0.846. The molecule has 0 radical (unpaired) electrons. The second kappa shape index (κ2) is 6.64. The number of hydrogen-bond acceptors (Lipinski definition) is 5. The van der Waals surface area contributed by atoms with Crippen LogP contribution in [0.25, 0.3) is 0 Å². The van der Waals surface area contributed by atoms with Crippen molar-refractivity contribution in [2.75, 3.05) is 26.9 Å². The summed E-state index contributed by atoms with van der Waals surface area (Å²) < 4.78 is 16.5. The number of benzene rings is 1. The summed E-state index contributed by atoms with van der Waals surface area (Å²) in [6.45, 7) is 1.66. The molecule has 5 nitrogen and oxygen atoms in total. The second-order valence-corrected chi connectivity index (χ2v) is 5.64. The minimum Gasteiger partial charge on any atom is -0.486 e. The van der Waals surface area contributed by atoms with Crippen molar-refractivity contribution < 1.29 is 19.3 Å². The molecule has 1 aliphatic heterocycles. The third-order valence-electron chi connectivity index (χ3n) is 4.28. The van der Waals surface area contributed by atoms with Gasteiger partial charge in [0.05, 0.1) is 12.2 Å². The quantitative estimate of drug-likeness (QED) is 0.864. The van der Waals surface area contributed by atoms with Crippen LogP contribution in [0.2, 0.25) is 0 Å². The molecule has 116 valence electrons. The summed E-state index contributed by atoms with van der Waals surface area (Å²) in [4.78, 5) is 0. The molecule has 0 amide bonds. The average molecular weight is 293 g/mol. The van der Waals surface area contributed by atoms with E-state index in [-0.39, 0.29) is 6.10 Å². The van der Waals surface area contributed by atoms with Gasteiger partial charge in [-0.2, -0.15) is 0 Å². The standard InChI is InChI=1S/C16H23NO4/c1-19-14-4-2-3-12(14)17-10-13(18)11-5-6-15-16(9-11)21-8-7-20-15/h5-6,9,12-14,17-18H,2-4,7-8,10H2,1H3. The molecule has 3 rings (SSSR count). The third kappa shape index (κ3) is 3.31. The van der Waals surface area contributed by atoms with Crippen molar-refractivity contribution in [3.05, 3.63) is 23.8 Å². The van der Waals surface area contributed by atoms with Gasteiger partial charge in [0.1, 0.15) is 13.2 Å². The highest BCUT2D eigenvalue weighted by Gasteiger charge is 2.27. The fraction of sp³-hybridized carbons (Fsp3) is 0.625. The number of aliphatic hydroxyl groups is 1. The maximum Gasteiger partial charge on any atom is 0.161 e. The van der Waals surface area contributed by atoms with Crippen molar-refractivity contribution in [1.29, 1.82) is 0 Å². The molecule has 2 aliphatic rings. The molecule has 0 saturated heterocycles. The Morgan fingerprint density at radius 1 is 1.29 bits per heavy atom. The fourth-order valence-corrected chi connectivity index (χ4v) is 3.09. The van der Waals surface area contributed by atoms with Gasteiger partial charge in [-0.25, -0.2) is 0 Å². The van der Waals surface area contributed by atoms with E-state index in [2.05, 4.69) is 5.32 Å². The molecule has 0 spiro atoms. The molecule has 1 aromatic carbocycles. The predicted octanol–water partition coefficient (Wildman–Crippen LogP) is 1.65. The number of methoxy groups -OCH3 is 1. The van der Waals surface area contributed by atoms with Crippen molar-refractivity contribution in [3.8, 4) is 11.5 Å². The smallest absolute Gasteiger partial charge is 0.161 e. The maximum atomic E-state index is 10.3. The lowest BCUT2D eigenvalue weighted by molar-refractivity contribution is 0.0779. The van der Waals surface area contributed by atoms with Gasteiger partial charge in [-0.3, -0.25) is 0 Å². The molecule has 1 aromatic rings. The summed E-state index contributed by atoms with van der Waals surface area (Å²) in [5.74, 6) is 1.47. The monoisotopic (exact) mass is 293 g/mol. The van der Waals surface area contributed by atoms with Crippen LogP contribution in [0.4, 0.5) is 0 Å². The number of nitrogens with one attached hydrogen (secondary N) is 1. The van der Waals surface area contributed by atoms with Gasteiger partial charge in [0, 0.05) is 19.7 Å². The van der Waals surface area contributed by atoms with Gasteiger partial charge in [0.25, 0.3) is 0 Å². The van der Waals surface area contributed by atoms with Gasteiger partial charge in [0.15, 0.2) is 11.5 Å². The van der Waals surface area contributed by atoms with Gasteiger partial charge < -0.3 is 24.6 Å². The highest BCUT2D eigenvalue weighted by molar-refractivity contribution is 5.44. The zero-order chi connectivity index (χ0) is 14.7. The first-order chi connectivity index (χ1) is 10.3. The van der Waals surface area contributed by atoms with Crippen LogP contribution in [-0.2, 0) is 4.74 Å². The minimum absolute atomic E-state index is 0.262. The van der Waals surface area contributed by atoms with E-state index >= 15 is 0 Å². The van der Waals surface area contributed by atoms with Crippen LogP contribution in [0, 0.1) is 0 Å². The van der Waals surface area contributed by atoms with E-state index in [4.69, 9.17) is 14.2 Å². The first-order valence-corrected chi connectivity index (χ1v) is 7.61. The lowest BCUT2D eigenvalue weighted by Gasteiger charge is -2.23. The molecule has 1 aliphatic carbocycles. The van der Waals surface area contributed by atoms with Crippen LogP contribution >= 0.6 is 0 Å². The van der Waals surface area contributed by atoms with Crippen molar-refractivity contribution in [3.63, 3.8) is 0 Å². The lowest BCUT2D eigenvalue weighted by Crippen LogP contribution is -2.39. The van der Waals surface area contributed by atoms with Crippen molar-refractivity contribution in [1.82, 2.24) is 5.32 Å². The molecule has 5 heteroatoms. The molecule has 1 heterocycles. The molecular weight excluding hydrogens is 270 g/mol. The van der Waals surface area contributed by atoms with E-state index < -0.39 is 6.10 Å². The number of ether oxygens (including phenoxy) is 3. The Balaban J connectivity index is 1.59. The van der Waals surface area contributed by atoms with Gasteiger partial charge in [-0.15, -0.1) is 0 Å². The molecule has 3 atom stereocenters. The number of aliphatic hydroxyl groups excluding tert-OH is 1. The molecular formula is C16H23NO4. The number of hydrogen-bond donors (Lipinski definition) is 2. The summed E-state index contributed by atoms with van der Waals surface area (Å²) in [7, 11) is 1.75. The molecule has 0 bridgehead atoms. The van der Waals surface area contributed by atoms with Gasteiger partial charge >= 0.3 is 0 Å². The summed E-state index contributed by atoms with van der Waals surface area (Å²) in [6, 6.07) is 5.95. The van der Waals surface area contributed by atoms with Crippen molar-refractivity contribution in [2.45, 2.75) is 37.5 Å². The van der Waals surface area contributed by atoms with E-state index in [0.29, 0.717) is 31.5 Å². The number of rotatable bonds is 5. The van der Waals surface area contributed by atoms with Gasteiger partial charge in [-0.05, 0) is 37.0 Å². The van der Waals surface area contributed by atoms with Crippen molar-refractivity contribution in [2.24, 2.45) is 0 Å². The Kier molecular flexibility index (Phi) is 4.63. The summed E-state index contributed by atoms with van der Waals surface area (Å²) >= 11 is 0.